The van der Waals surface area contributed by atoms with Gasteiger partial charge in [-0.15, -0.1) is 24.8 Å². The predicted octanol–water partition coefficient (Wildman–Crippen LogP) is 3.68. The first-order chi connectivity index (χ1) is 13.8. The van der Waals surface area contributed by atoms with Gasteiger partial charge in [-0.2, -0.15) is 0 Å². The average molecular weight is 478 g/mol. The Morgan fingerprint density at radius 2 is 1.97 bits per heavy atom. The molecule has 1 saturated heterocycles. The maximum atomic E-state index is 15.1. The van der Waals surface area contributed by atoms with Crippen molar-refractivity contribution in [2.45, 2.75) is 44.6 Å². The van der Waals surface area contributed by atoms with E-state index >= 15 is 4.39 Å². The second-order valence-corrected chi connectivity index (χ2v) is 8.20. The van der Waals surface area contributed by atoms with E-state index in [0.29, 0.717) is 42.7 Å². The molecular weight excluding hydrogens is 451 g/mol. The zero-order chi connectivity index (χ0) is 20.9. The van der Waals surface area contributed by atoms with Gasteiger partial charge in [-0.25, -0.2) is 9.18 Å². The van der Waals surface area contributed by atoms with Crippen molar-refractivity contribution in [3.8, 4) is 0 Å². The number of anilines is 1. The van der Waals surface area contributed by atoms with Crippen molar-refractivity contribution in [2.75, 3.05) is 24.7 Å². The maximum absolute atomic E-state index is 15.1. The largest absolute Gasteiger partial charge is 0.477 e. The minimum absolute atomic E-state index is 0. The van der Waals surface area contributed by atoms with Crippen molar-refractivity contribution in [1.29, 1.82) is 0 Å². The van der Waals surface area contributed by atoms with Crippen LogP contribution >= 0.6 is 24.8 Å². The highest BCUT2D eigenvalue weighted by atomic mass is 35.5. The third kappa shape index (κ3) is 4.52. The lowest BCUT2D eigenvalue weighted by molar-refractivity contribution is 0.0694. The lowest BCUT2D eigenvalue weighted by atomic mass is 9.89. The number of nitrogens with zero attached hydrogens (tertiary/aromatic N) is 2. The third-order valence-corrected chi connectivity index (χ3v) is 6.29. The fourth-order valence-corrected chi connectivity index (χ4v) is 4.62. The summed E-state index contributed by atoms with van der Waals surface area (Å²) in [6, 6.07) is 1.19. The number of carboxylic acids is 1. The molecule has 10 heteroatoms. The summed E-state index contributed by atoms with van der Waals surface area (Å²) in [4.78, 5) is 26.1. The Bertz CT molecular complexity index is 1040. The molecule has 172 valence electrons. The SMILES string of the molecule is Cc1c(N2CC[C@@H](CCF)[C@H](N)C2)c(F)cn2c(=O)c(C(=O)O)cc(C3CC3)c12.Cl.Cl. The quantitative estimate of drug-likeness (QED) is 0.685. The van der Waals surface area contributed by atoms with E-state index in [1.54, 1.807) is 6.92 Å². The molecule has 3 N–H and O–H groups in total. The molecule has 1 saturated carbocycles. The summed E-state index contributed by atoms with van der Waals surface area (Å²) in [6.07, 6.45) is 4.01. The summed E-state index contributed by atoms with van der Waals surface area (Å²) >= 11 is 0. The molecule has 2 aromatic heterocycles. The van der Waals surface area contributed by atoms with E-state index in [1.807, 2.05) is 4.90 Å². The van der Waals surface area contributed by atoms with Crippen molar-refractivity contribution < 1.29 is 18.7 Å². The molecule has 0 spiro atoms. The summed E-state index contributed by atoms with van der Waals surface area (Å²) in [5.74, 6) is -1.65. The van der Waals surface area contributed by atoms with Crippen LogP contribution in [0, 0.1) is 18.7 Å². The van der Waals surface area contributed by atoms with E-state index in [1.165, 1.54) is 6.07 Å². The van der Waals surface area contributed by atoms with Crippen LogP contribution in [-0.4, -0.2) is 41.3 Å². The molecule has 0 aromatic carbocycles. The molecule has 1 aliphatic carbocycles. The van der Waals surface area contributed by atoms with Gasteiger partial charge in [-0.3, -0.25) is 13.6 Å². The summed E-state index contributed by atoms with van der Waals surface area (Å²) in [6.45, 7) is 2.32. The van der Waals surface area contributed by atoms with Crippen molar-refractivity contribution in [1.82, 2.24) is 4.40 Å². The van der Waals surface area contributed by atoms with Gasteiger partial charge in [0.1, 0.15) is 5.56 Å². The number of carbonyl (C=O) groups is 1. The number of piperidine rings is 1. The fraction of sp³-hybridized carbons (Fsp3) is 0.524. The molecule has 0 bridgehead atoms. The molecule has 1 aliphatic heterocycles. The van der Waals surface area contributed by atoms with Gasteiger partial charge in [0.25, 0.3) is 5.56 Å². The second kappa shape index (κ2) is 9.71. The zero-order valence-electron chi connectivity index (χ0n) is 17.1. The maximum Gasteiger partial charge on any atom is 0.341 e. The number of halogens is 4. The highest BCUT2D eigenvalue weighted by Gasteiger charge is 2.32. The van der Waals surface area contributed by atoms with E-state index in [2.05, 4.69) is 0 Å². The number of aromatic nitrogens is 1. The number of aromatic carboxylic acids is 1. The third-order valence-electron chi connectivity index (χ3n) is 6.29. The molecule has 2 aromatic rings. The zero-order valence-corrected chi connectivity index (χ0v) is 18.8. The smallest absolute Gasteiger partial charge is 0.341 e. The van der Waals surface area contributed by atoms with Crippen molar-refractivity contribution in [2.24, 2.45) is 11.7 Å². The van der Waals surface area contributed by atoms with E-state index < -0.39 is 24.0 Å². The van der Waals surface area contributed by atoms with Gasteiger partial charge in [-0.1, -0.05) is 0 Å². The van der Waals surface area contributed by atoms with Crippen LogP contribution in [0.2, 0.25) is 0 Å². The van der Waals surface area contributed by atoms with Crippen LogP contribution < -0.4 is 16.2 Å². The highest BCUT2D eigenvalue weighted by Crippen LogP contribution is 2.44. The fourth-order valence-electron chi connectivity index (χ4n) is 4.62. The topological polar surface area (TPSA) is 88.0 Å². The molecule has 0 amide bonds. The van der Waals surface area contributed by atoms with E-state index in [-0.39, 0.29) is 48.3 Å². The molecule has 2 aliphatic rings. The standard InChI is InChI=1S/C21H25F2N3O3.2ClH/c1-11-18-14(12-2-3-12)8-15(21(28)29)20(27)26(18)9-16(23)19(11)25-7-5-13(4-6-22)17(24)10-25;;/h8-9,12-13,17H,2-7,10,24H2,1H3,(H,28,29);2*1H/t13-,17-;;/m1../s1. The van der Waals surface area contributed by atoms with Gasteiger partial charge in [0.05, 0.1) is 24.1 Å². The average Bonchev–Trinajstić information content (AvgIpc) is 3.49. The van der Waals surface area contributed by atoms with Crippen LogP contribution in [-0.2, 0) is 0 Å². The monoisotopic (exact) mass is 477 g/mol. The van der Waals surface area contributed by atoms with Gasteiger partial charge in [0, 0.05) is 19.1 Å². The van der Waals surface area contributed by atoms with Crippen LogP contribution in [0.5, 0.6) is 0 Å². The van der Waals surface area contributed by atoms with Crippen LogP contribution in [0.1, 0.15) is 53.1 Å². The molecule has 2 fully saturated rings. The summed E-state index contributed by atoms with van der Waals surface area (Å²) in [5.41, 5.74) is 7.50. The molecule has 0 unspecified atom stereocenters. The molecule has 3 heterocycles. The van der Waals surface area contributed by atoms with E-state index in [9.17, 15) is 19.1 Å². The van der Waals surface area contributed by atoms with Crippen molar-refractivity contribution in [3.63, 3.8) is 0 Å². The normalized spacial score (nSPS) is 20.8. The number of carboxylic acid groups (broad SMARTS) is 1. The first kappa shape index (κ1) is 25.4. The van der Waals surface area contributed by atoms with Gasteiger partial charge >= 0.3 is 5.97 Å². The minimum Gasteiger partial charge on any atom is -0.477 e. The summed E-state index contributed by atoms with van der Waals surface area (Å²) < 4.78 is 29.0. The number of pyridine rings is 2. The molecule has 0 radical (unpaired) electrons. The van der Waals surface area contributed by atoms with E-state index in [4.69, 9.17) is 5.73 Å². The van der Waals surface area contributed by atoms with Crippen molar-refractivity contribution in [3.05, 3.63) is 45.1 Å². The number of hydrogen-bond acceptors (Lipinski definition) is 4. The van der Waals surface area contributed by atoms with E-state index in [0.717, 1.165) is 29.0 Å². The summed E-state index contributed by atoms with van der Waals surface area (Å²) in [7, 11) is 0. The van der Waals surface area contributed by atoms with Gasteiger partial charge < -0.3 is 15.7 Å². The first-order valence-electron chi connectivity index (χ1n) is 10.0. The van der Waals surface area contributed by atoms with Crippen molar-refractivity contribution >= 4 is 42.0 Å². The molecule has 4 rings (SSSR count). The Kier molecular flexibility index (Phi) is 7.94. The first-order valence-corrected chi connectivity index (χ1v) is 10.0. The number of fused-ring (bicyclic) bond motifs is 1. The minimum atomic E-state index is -1.31. The lowest BCUT2D eigenvalue weighted by Gasteiger charge is -2.38. The van der Waals surface area contributed by atoms with Gasteiger partial charge in [0.2, 0.25) is 0 Å². The van der Waals surface area contributed by atoms with Crippen LogP contribution in [0.4, 0.5) is 14.5 Å². The predicted molar refractivity (Wildman–Crippen MR) is 121 cm³/mol. The number of nitrogens with two attached hydrogens (primary N) is 1. The number of aryl methyl sites for hydroxylation is 1. The Morgan fingerprint density at radius 1 is 1.29 bits per heavy atom. The Balaban J connectivity index is 0.00000171. The Morgan fingerprint density at radius 3 is 2.52 bits per heavy atom. The Labute approximate surface area is 191 Å². The lowest BCUT2D eigenvalue weighted by Crippen LogP contribution is -2.49. The second-order valence-electron chi connectivity index (χ2n) is 8.20. The van der Waals surface area contributed by atoms with Crippen LogP contribution in [0.3, 0.4) is 0 Å². The molecule has 31 heavy (non-hydrogen) atoms. The molecule has 2 atom stereocenters. The number of hydrogen-bond donors (Lipinski definition) is 2. The van der Waals surface area contributed by atoms with Gasteiger partial charge in [-0.05, 0) is 61.6 Å². The summed E-state index contributed by atoms with van der Waals surface area (Å²) in [5, 5.41) is 9.39. The molecule has 6 nitrogen and oxygen atoms in total. The molecular formula is C21H27Cl2F2N3O3. The van der Waals surface area contributed by atoms with Gasteiger partial charge in [0.15, 0.2) is 5.82 Å². The highest BCUT2D eigenvalue weighted by molar-refractivity contribution is 5.89. The number of rotatable bonds is 5. The van der Waals surface area contributed by atoms with Crippen LogP contribution in [0.15, 0.2) is 17.1 Å². The van der Waals surface area contributed by atoms with Crippen LogP contribution in [0.25, 0.3) is 5.52 Å². The number of alkyl halides is 1. The Hall–Kier alpha value is -1.90.